The number of benzene rings is 1. The Morgan fingerprint density at radius 2 is 1.77 bits per heavy atom. The molecule has 1 aromatic rings. The number of hydrogen-bond donors (Lipinski definition) is 0. The lowest BCUT2D eigenvalue weighted by Gasteiger charge is -2.48. The van der Waals surface area contributed by atoms with E-state index >= 15 is 0 Å². The number of anilines is 1. The maximum atomic E-state index is 13.4. The van der Waals surface area contributed by atoms with Gasteiger partial charge in [0.15, 0.2) is 6.61 Å². The molecule has 3 amide bonds. The van der Waals surface area contributed by atoms with Gasteiger partial charge in [0.25, 0.3) is 11.8 Å². The topological polar surface area (TPSA) is 87.2 Å². The normalized spacial score (nSPS) is 20.5. The first-order chi connectivity index (χ1) is 14.2. The van der Waals surface area contributed by atoms with E-state index in [0.717, 1.165) is 0 Å². The number of para-hydroxylation sites is 1. The second kappa shape index (κ2) is 8.08. The number of rotatable bonds is 6. The summed E-state index contributed by atoms with van der Waals surface area (Å²) < 4.78 is 5.46. The number of carbonyl (C=O) groups excluding carboxylic acids is 4. The van der Waals surface area contributed by atoms with Crippen LogP contribution in [0.4, 0.5) is 5.69 Å². The zero-order valence-corrected chi connectivity index (χ0v) is 18.2. The van der Waals surface area contributed by atoms with Crippen LogP contribution in [-0.4, -0.2) is 64.4 Å². The first kappa shape index (κ1) is 21.8. The van der Waals surface area contributed by atoms with Crippen LogP contribution in [0, 0.1) is 0 Å². The van der Waals surface area contributed by atoms with Crippen molar-refractivity contribution in [3.63, 3.8) is 0 Å². The molecule has 30 heavy (non-hydrogen) atoms. The molecule has 1 atom stereocenters. The number of likely N-dealkylation sites (N-methyl/N-ethyl adjacent to an activating group) is 1. The second-order valence-corrected chi connectivity index (χ2v) is 8.18. The molecule has 0 aromatic heterocycles. The van der Waals surface area contributed by atoms with Crippen molar-refractivity contribution in [1.82, 2.24) is 9.80 Å². The summed E-state index contributed by atoms with van der Waals surface area (Å²) in [4.78, 5) is 56.3. The quantitative estimate of drug-likeness (QED) is 0.665. The van der Waals surface area contributed by atoms with E-state index in [4.69, 9.17) is 4.74 Å². The van der Waals surface area contributed by atoms with E-state index in [2.05, 4.69) is 0 Å². The van der Waals surface area contributed by atoms with Gasteiger partial charge in [-0.15, -0.1) is 0 Å². The predicted molar refractivity (Wildman–Crippen MR) is 111 cm³/mol. The van der Waals surface area contributed by atoms with E-state index in [1.165, 1.54) is 9.80 Å². The minimum absolute atomic E-state index is 0.0470. The van der Waals surface area contributed by atoms with Gasteiger partial charge in [-0.25, -0.2) is 4.79 Å². The van der Waals surface area contributed by atoms with Crippen molar-refractivity contribution < 1.29 is 23.9 Å². The van der Waals surface area contributed by atoms with E-state index in [1.807, 2.05) is 27.7 Å². The van der Waals surface area contributed by atoms with Crippen molar-refractivity contribution in [2.75, 3.05) is 18.1 Å². The van der Waals surface area contributed by atoms with E-state index < -0.39 is 18.2 Å². The molecule has 0 unspecified atom stereocenters. The maximum Gasteiger partial charge on any atom is 0.354 e. The molecule has 0 aliphatic carbocycles. The predicted octanol–water partition coefficient (Wildman–Crippen LogP) is 2.17. The monoisotopic (exact) mass is 415 g/mol. The lowest BCUT2D eigenvalue weighted by Crippen LogP contribution is -2.68. The molecule has 3 rings (SSSR count). The van der Waals surface area contributed by atoms with Crippen LogP contribution in [0.2, 0.25) is 0 Å². The fourth-order valence-electron chi connectivity index (χ4n) is 4.66. The third kappa shape index (κ3) is 3.24. The molecule has 0 bridgehead atoms. The van der Waals surface area contributed by atoms with Crippen LogP contribution < -0.4 is 4.90 Å². The van der Waals surface area contributed by atoms with Gasteiger partial charge in [-0.3, -0.25) is 19.3 Å². The van der Waals surface area contributed by atoms with Gasteiger partial charge in [-0.05, 0) is 46.8 Å². The maximum absolute atomic E-state index is 13.4. The van der Waals surface area contributed by atoms with Gasteiger partial charge in [-0.2, -0.15) is 0 Å². The summed E-state index contributed by atoms with van der Waals surface area (Å²) in [5.74, 6) is -1.64. The van der Waals surface area contributed by atoms with Crippen LogP contribution in [0.25, 0.3) is 0 Å². The Labute approximate surface area is 176 Å². The van der Waals surface area contributed by atoms with Gasteiger partial charge in [-0.1, -0.05) is 12.1 Å². The lowest BCUT2D eigenvalue weighted by atomic mass is 9.96. The number of nitrogens with zero attached hydrogens (tertiary/aromatic N) is 3. The molecule has 2 aliphatic rings. The van der Waals surface area contributed by atoms with Gasteiger partial charge in [0.05, 0.1) is 11.3 Å². The molecule has 0 N–H and O–H groups in total. The van der Waals surface area contributed by atoms with Crippen LogP contribution in [0.5, 0.6) is 0 Å². The van der Waals surface area contributed by atoms with Gasteiger partial charge in [0.1, 0.15) is 0 Å². The number of esters is 1. The molecule has 2 heterocycles. The Balaban J connectivity index is 1.94. The van der Waals surface area contributed by atoms with Crippen molar-refractivity contribution in [3.8, 4) is 0 Å². The Bertz CT molecular complexity index is 873. The van der Waals surface area contributed by atoms with E-state index in [0.29, 0.717) is 11.3 Å². The smallest absolute Gasteiger partial charge is 0.354 e. The molecule has 8 heteroatoms. The number of ether oxygens (including phenoxy) is 1. The van der Waals surface area contributed by atoms with Crippen LogP contribution in [0.15, 0.2) is 24.3 Å². The minimum Gasteiger partial charge on any atom is -0.452 e. The highest BCUT2D eigenvalue weighted by Crippen LogP contribution is 2.44. The zero-order valence-electron chi connectivity index (χ0n) is 18.2. The molecule has 1 aromatic carbocycles. The van der Waals surface area contributed by atoms with E-state index in [-0.39, 0.29) is 49.2 Å². The summed E-state index contributed by atoms with van der Waals surface area (Å²) in [5, 5.41) is 0. The summed E-state index contributed by atoms with van der Waals surface area (Å²) >= 11 is 0. The Morgan fingerprint density at radius 3 is 2.37 bits per heavy atom. The summed E-state index contributed by atoms with van der Waals surface area (Å²) in [5.41, 5.74) is -0.776. The largest absolute Gasteiger partial charge is 0.452 e. The van der Waals surface area contributed by atoms with Crippen molar-refractivity contribution >= 4 is 29.4 Å². The highest BCUT2D eigenvalue weighted by molar-refractivity contribution is 6.15. The first-order valence-electron chi connectivity index (χ1n) is 10.4. The lowest BCUT2D eigenvalue weighted by molar-refractivity contribution is -0.163. The van der Waals surface area contributed by atoms with Crippen molar-refractivity contribution in [2.24, 2.45) is 0 Å². The van der Waals surface area contributed by atoms with E-state index in [1.54, 1.807) is 36.1 Å². The molecule has 0 saturated carbocycles. The van der Waals surface area contributed by atoms with Crippen molar-refractivity contribution in [1.29, 1.82) is 0 Å². The second-order valence-electron chi connectivity index (χ2n) is 8.18. The van der Waals surface area contributed by atoms with Crippen LogP contribution in [0.3, 0.4) is 0 Å². The summed E-state index contributed by atoms with van der Waals surface area (Å²) in [7, 11) is 0. The van der Waals surface area contributed by atoms with Gasteiger partial charge in [0, 0.05) is 31.5 Å². The summed E-state index contributed by atoms with van der Waals surface area (Å²) in [6, 6.07) is 6.66. The molecule has 1 saturated heterocycles. The molecule has 2 aliphatic heterocycles. The van der Waals surface area contributed by atoms with E-state index in [9.17, 15) is 19.2 Å². The zero-order chi connectivity index (χ0) is 22.2. The first-order valence-corrected chi connectivity index (χ1v) is 10.4. The molecule has 8 nitrogen and oxygen atoms in total. The number of carbonyl (C=O) groups is 4. The molecule has 1 fully saturated rings. The molecular weight excluding hydrogens is 386 g/mol. The summed E-state index contributed by atoms with van der Waals surface area (Å²) in [6.07, 6.45) is 0.246. The number of hydrogen-bond acceptors (Lipinski definition) is 5. The number of amides is 3. The molecule has 0 radical (unpaired) electrons. The van der Waals surface area contributed by atoms with Crippen molar-refractivity contribution in [3.05, 3.63) is 29.8 Å². The fourth-order valence-corrected chi connectivity index (χ4v) is 4.66. The molecule has 0 spiro atoms. The van der Waals surface area contributed by atoms with Crippen LogP contribution in [0.1, 0.15) is 57.8 Å². The molecular formula is C22H29N3O5. The Morgan fingerprint density at radius 1 is 1.13 bits per heavy atom. The Hall–Kier alpha value is -2.90. The summed E-state index contributed by atoms with van der Waals surface area (Å²) in [6.45, 7) is 9.12. The third-order valence-electron chi connectivity index (χ3n) is 5.74. The third-order valence-corrected chi connectivity index (χ3v) is 5.74. The highest BCUT2D eigenvalue weighted by Gasteiger charge is 2.61. The Kier molecular flexibility index (Phi) is 5.87. The van der Waals surface area contributed by atoms with Gasteiger partial charge < -0.3 is 14.5 Å². The average Bonchev–Trinajstić information content (AvgIpc) is 3.04. The highest BCUT2D eigenvalue weighted by atomic mass is 16.5. The van der Waals surface area contributed by atoms with Crippen LogP contribution >= 0.6 is 0 Å². The van der Waals surface area contributed by atoms with Gasteiger partial charge in [0.2, 0.25) is 11.6 Å². The average molecular weight is 415 g/mol. The standard InChI is InChI=1S/C22H29N3O5/c1-6-23-20(28)16-9-7-8-10-17(16)25-18(26)11-12-22(23,25)21(29)30-13-19(27)24(14(2)3)15(4)5/h7-10,14-15H,6,11-13H2,1-5H3/t22-/m0/s1. The van der Waals surface area contributed by atoms with Gasteiger partial charge >= 0.3 is 5.97 Å². The minimum atomic E-state index is -1.56. The van der Waals surface area contributed by atoms with Crippen molar-refractivity contribution in [2.45, 2.75) is 65.2 Å². The number of fused-ring (bicyclic) bond motifs is 3. The van der Waals surface area contributed by atoms with Crippen LogP contribution in [-0.2, 0) is 19.1 Å². The SMILES string of the molecule is CCN1C(=O)c2ccccc2N2C(=O)CC[C@]12C(=O)OCC(=O)N(C(C)C)C(C)C. The molecule has 162 valence electrons. The fraction of sp³-hybridized carbons (Fsp3) is 0.545.